The van der Waals surface area contributed by atoms with Crippen molar-refractivity contribution in [2.24, 2.45) is 5.41 Å². The average Bonchev–Trinajstić information content (AvgIpc) is 3.40. The Morgan fingerprint density at radius 1 is 1.02 bits per heavy atom. The summed E-state index contributed by atoms with van der Waals surface area (Å²) >= 11 is 0. The maximum atomic E-state index is 16.3. The first-order valence-electron chi connectivity index (χ1n) is 15.1. The fraction of sp³-hybridized carbons (Fsp3) is 0.424. The number of hydrogen-bond acceptors (Lipinski definition) is 10. The fourth-order valence-electron chi connectivity index (χ4n) is 6.84. The molecule has 0 saturated carbocycles. The molecule has 2 aliphatic heterocycles. The first kappa shape index (κ1) is 35.3. The fourth-order valence-corrected chi connectivity index (χ4v) is 6.84. The van der Waals surface area contributed by atoms with Crippen molar-refractivity contribution in [2.45, 2.75) is 63.8 Å². The molecule has 3 aromatic rings. The Hall–Kier alpha value is -4.56. The summed E-state index contributed by atoms with van der Waals surface area (Å²) in [5.41, 5.74) is 0.761. The summed E-state index contributed by atoms with van der Waals surface area (Å²) in [6, 6.07) is 12.2. The van der Waals surface area contributed by atoms with E-state index in [0.717, 1.165) is 6.29 Å². The minimum atomic E-state index is -1.59. The highest BCUT2D eigenvalue weighted by Crippen LogP contribution is 2.55. The molecule has 0 radical (unpaired) electrons. The number of hydrogen-bond donors (Lipinski definition) is 3. The van der Waals surface area contributed by atoms with Crippen LogP contribution < -0.4 is 19.8 Å². The SMILES string of the molecule is COc1cc(C=O)ccc1-c1ccc(N(C)[C@H]2C[C@@H]3CC[C@@](C(C)(C)C)([C@H]2F)N3C(=O)O)nn1.COc1cc(C=O)ccc1B(O)O. The van der Waals surface area contributed by atoms with Gasteiger partial charge in [0.25, 0.3) is 0 Å². The number of amides is 1. The number of aldehydes is 2. The standard InChI is InChI=1S/C25H31FN4O4.C8H9BO4/c1-24(2,3)25-11-10-16(30(25)23(32)33)13-19(22(25)26)29(4)21-9-8-18(27-28-21)17-7-6-15(14-31)12-20(17)34-5;1-13-8-4-6(5-10)2-3-7(8)9(11)12/h6-9,12,14,16,19,22H,10-11,13H2,1-5H3,(H,32,33);2-5,11-12H,1H3/t16-,19-,22-,25-;/m0./s1. The molecule has 1 aromatic heterocycles. The summed E-state index contributed by atoms with van der Waals surface area (Å²) in [5.74, 6) is 1.31. The van der Waals surface area contributed by atoms with Gasteiger partial charge in [0.15, 0.2) is 5.82 Å². The quantitative estimate of drug-likeness (QED) is 0.241. The Balaban J connectivity index is 0.000000323. The smallest absolute Gasteiger partial charge is 0.492 e. The van der Waals surface area contributed by atoms with E-state index in [2.05, 4.69) is 10.2 Å². The molecule has 0 spiro atoms. The van der Waals surface area contributed by atoms with Gasteiger partial charge in [0.05, 0.1) is 31.5 Å². The van der Waals surface area contributed by atoms with Gasteiger partial charge in [0.1, 0.15) is 30.2 Å². The predicted molar refractivity (Wildman–Crippen MR) is 174 cm³/mol. The minimum Gasteiger partial charge on any atom is -0.497 e. The van der Waals surface area contributed by atoms with Gasteiger partial charge in [-0.05, 0) is 55.0 Å². The van der Waals surface area contributed by atoms with Gasteiger partial charge in [0, 0.05) is 35.2 Å². The molecular formula is C33H40BFN4O8. The molecule has 250 valence electrons. The summed E-state index contributed by atoms with van der Waals surface area (Å²) in [5, 5.41) is 36.4. The molecule has 5 rings (SSSR count). The van der Waals surface area contributed by atoms with Crippen molar-refractivity contribution in [1.29, 1.82) is 0 Å². The van der Waals surface area contributed by atoms with E-state index in [1.165, 1.54) is 37.3 Å². The first-order valence-corrected chi connectivity index (χ1v) is 15.1. The van der Waals surface area contributed by atoms with Gasteiger partial charge in [-0.1, -0.05) is 39.0 Å². The lowest BCUT2D eigenvalue weighted by molar-refractivity contribution is -0.0756. The Labute approximate surface area is 273 Å². The van der Waals surface area contributed by atoms with Crippen LogP contribution in [0.5, 0.6) is 11.5 Å². The van der Waals surface area contributed by atoms with Crippen LogP contribution in [0.15, 0.2) is 48.5 Å². The van der Waals surface area contributed by atoms with Crippen LogP contribution in [0.1, 0.15) is 60.7 Å². The summed E-state index contributed by atoms with van der Waals surface area (Å²) in [6.07, 6.45) is 0.513. The number of benzene rings is 2. The summed E-state index contributed by atoms with van der Waals surface area (Å²) in [4.78, 5) is 36.7. The van der Waals surface area contributed by atoms with Gasteiger partial charge >= 0.3 is 13.2 Å². The normalized spacial score (nSPS) is 21.6. The third-order valence-corrected chi connectivity index (χ3v) is 9.28. The molecular weight excluding hydrogens is 610 g/mol. The Bertz CT molecular complexity index is 1600. The van der Waals surface area contributed by atoms with Gasteiger partial charge in [-0.3, -0.25) is 14.5 Å². The van der Waals surface area contributed by atoms with Crippen LogP contribution in [0, 0.1) is 5.41 Å². The molecule has 2 saturated heterocycles. The molecule has 3 heterocycles. The van der Waals surface area contributed by atoms with Crippen molar-refractivity contribution in [3.63, 3.8) is 0 Å². The number of nitrogens with zero attached hydrogens (tertiary/aromatic N) is 4. The molecule has 1 amide bonds. The topological polar surface area (TPSA) is 163 Å². The van der Waals surface area contributed by atoms with Crippen LogP contribution in [0.3, 0.4) is 0 Å². The van der Waals surface area contributed by atoms with E-state index < -0.39 is 36.4 Å². The molecule has 2 aromatic carbocycles. The second-order valence-corrected chi connectivity index (χ2v) is 12.7. The van der Waals surface area contributed by atoms with Gasteiger partial charge in [-0.2, -0.15) is 0 Å². The van der Waals surface area contributed by atoms with Gasteiger partial charge in [-0.25, -0.2) is 9.18 Å². The van der Waals surface area contributed by atoms with Gasteiger partial charge in [-0.15, -0.1) is 10.2 Å². The number of anilines is 1. The molecule has 12 nitrogen and oxygen atoms in total. The van der Waals surface area contributed by atoms with Crippen molar-refractivity contribution in [2.75, 3.05) is 26.2 Å². The number of halogens is 1. The number of fused-ring (bicyclic) bond motifs is 2. The third-order valence-electron chi connectivity index (χ3n) is 9.28. The highest BCUT2D eigenvalue weighted by molar-refractivity contribution is 6.59. The van der Waals surface area contributed by atoms with E-state index in [-0.39, 0.29) is 11.5 Å². The van der Waals surface area contributed by atoms with E-state index in [9.17, 15) is 19.5 Å². The molecule has 14 heteroatoms. The highest BCUT2D eigenvalue weighted by Gasteiger charge is 2.66. The Morgan fingerprint density at radius 2 is 1.64 bits per heavy atom. The monoisotopic (exact) mass is 650 g/mol. The number of piperidine rings is 1. The lowest BCUT2D eigenvalue weighted by atomic mass is 9.66. The zero-order chi connectivity index (χ0) is 34.7. The summed E-state index contributed by atoms with van der Waals surface area (Å²) in [7, 11) is 3.12. The number of ether oxygens (including phenoxy) is 2. The zero-order valence-corrected chi connectivity index (χ0v) is 27.3. The zero-order valence-electron chi connectivity index (χ0n) is 27.3. The second-order valence-electron chi connectivity index (χ2n) is 12.7. The van der Waals surface area contributed by atoms with Crippen LogP contribution in [-0.2, 0) is 0 Å². The summed E-state index contributed by atoms with van der Waals surface area (Å²) < 4.78 is 26.6. The van der Waals surface area contributed by atoms with E-state index in [1.54, 1.807) is 42.3 Å². The number of carboxylic acid groups (broad SMARTS) is 1. The van der Waals surface area contributed by atoms with Crippen LogP contribution >= 0.6 is 0 Å². The maximum absolute atomic E-state index is 16.3. The lowest BCUT2D eigenvalue weighted by Gasteiger charge is -2.56. The lowest BCUT2D eigenvalue weighted by Crippen LogP contribution is -2.70. The molecule has 3 N–H and O–H groups in total. The van der Waals surface area contributed by atoms with Crippen LogP contribution in [0.2, 0.25) is 0 Å². The maximum Gasteiger partial charge on any atom is 0.492 e. The van der Waals surface area contributed by atoms with Crippen molar-refractivity contribution < 1.29 is 43.4 Å². The molecule has 2 fully saturated rings. The molecule has 0 aliphatic carbocycles. The third kappa shape index (κ3) is 6.65. The van der Waals surface area contributed by atoms with Crippen molar-refractivity contribution in [3.8, 4) is 22.8 Å². The average molecular weight is 651 g/mol. The number of carbonyl (C=O) groups is 3. The number of aromatic nitrogens is 2. The van der Waals surface area contributed by atoms with E-state index >= 15 is 4.39 Å². The molecule has 2 bridgehead atoms. The molecule has 0 unspecified atom stereocenters. The minimum absolute atomic E-state index is 0.232. The van der Waals surface area contributed by atoms with Gasteiger partial charge < -0.3 is 29.5 Å². The summed E-state index contributed by atoms with van der Waals surface area (Å²) in [6.45, 7) is 5.74. The number of alkyl halides is 1. The molecule has 2 aliphatic rings. The number of methoxy groups -OCH3 is 2. The van der Waals surface area contributed by atoms with Crippen LogP contribution in [0.4, 0.5) is 15.0 Å². The number of rotatable bonds is 8. The highest BCUT2D eigenvalue weighted by atomic mass is 19.1. The molecule has 4 atom stereocenters. The van der Waals surface area contributed by atoms with Crippen molar-refractivity contribution in [1.82, 2.24) is 15.1 Å². The first-order chi connectivity index (χ1) is 22.2. The second kappa shape index (κ2) is 14.1. The van der Waals surface area contributed by atoms with E-state index in [1.807, 2.05) is 20.8 Å². The molecule has 47 heavy (non-hydrogen) atoms. The van der Waals surface area contributed by atoms with Crippen molar-refractivity contribution >= 4 is 37.1 Å². The van der Waals surface area contributed by atoms with Crippen LogP contribution in [-0.4, -0.2) is 101 Å². The van der Waals surface area contributed by atoms with Crippen LogP contribution in [0.25, 0.3) is 11.3 Å². The Morgan fingerprint density at radius 3 is 2.15 bits per heavy atom. The van der Waals surface area contributed by atoms with Crippen molar-refractivity contribution in [3.05, 3.63) is 59.7 Å². The van der Waals surface area contributed by atoms with E-state index in [4.69, 9.17) is 19.5 Å². The van der Waals surface area contributed by atoms with Gasteiger partial charge in [0.2, 0.25) is 0 Å². The largest absolute Gasteiger partial charge is 0.497 e. The van der Waals surface area contributed by atoms with E-state index in [0.29, 0.717) is 65.2 Å². The predicted octanol–water partition coefficient (Wildman–Crippen LogP) is 3.63. The Kier molecular flexibility index (Phi) is 10.6. The number of carbonyl (C=O) groups excluding carboxylic acids is 2.